The highest BCUT2D eigenvalue weighted by Crippen LogP contribution is 2.58. The number of nitrogens with zero attached hydrogens (tertiary/aromatic N) is 2. The van der Waals surface area contributed by atoms with E-state index in [1.54, 1.807) is 0 Å². The quantitative estimate of drug-likeness (QED) is 0.161. The number of aromatic hydroxyl groups is 2. The molecule has 2 atom stereocenters. The molecule has 2 unspecified atom stereocenters. The number of phenols is 2. The lowest BCUT2D eigenvalue weighted by molar-refractivity contribution is -0.288. The van der Waals surface area contributed by atoms with Crippen molar-refractivity contribution in [3.05, 3.63) is 117 Å². The summed E-state index contributed by atoms with van der Waals surface area (Å²) in [6.07, 6.45) is -5.55. The number of alkyl halides is 6. The molecule has 2 heterocycles. The molecule has 0 aliphatic carbocycles. The molecule has 6 rings (SSSR count). The number of halogens is 6. The van der Waals surface area contributed by atoms with E-state index in [1.165, 1.54) is 36.4 Å². The van der Waals surface area contributed by atoms with Crippen molar-refractivity contribution in [2.75, 3.05) is 9.80 Å². The lowest BCUT2D eigenvalue weighted by Gasteiger charge is -2.39. The van der Waals surface area contributed by atoms with Crippen LogP contribution in [0.3, 0.4) is 0 Å². The van der Waals surface area contributed by atoms with Crippen molar-refractivity contribution in [2.45, 2.75) is 30.2 Å². The number of aliphatic hydroxyl groups is 2. The first-order chi connectivity index (χ1) is 23.0. The van der Waals surface area contributed by atoms with Gasteiger partial charge in [0.15, 0.2) is 12.5 Å². The number of phenolic OH excluding ortho intramolecular Hbond substituents is 2. The molecule has 2 aliphatic rings. The largest absolute Gasteiger partial charge is 0.506 e. The van der Waals surface area contributed by atoms with E-state index in [9.17, 15) is 30.0 Å². The van der Waals surface area contributed by atoms with Crippen molar-refractivity contribution < 1.29 is 56.4 Å². The Morgan fingerprint density at radius 1 is 0.592 bits per heavy atom. The Hall–Kier alpha value is -5.96. The minimum Gasteiger partial charge on any atom is -0.506 e. The predicted molar refractivity (Wildman–Crippen MR) is 161 cm³/mol. The zero-order valence-electron chi connectivity index (χ0n) is 24.5. The van der Waals surface area contributed by atoms with Gasteiger partial charge in [0.2, 0.25) is 5.41 Å². The number of anilines is 2. The molecule has 248 valence electrons. The van der Waals surface area contributed by atoms with Gasteiger partial charge in [0, 0.05) is 33.4 Å². The van der Waals surface area contributed by atoms with Crippen molar-refractivity contribution in [1.82, 2.24) is 0 Å². The molecule has 0 bridgehead atoms. The number of fused-ring (bicyclic) bond motifs is 2. The Labute approximate surface area is 273 Å². The summed E-state index contributed by atoms with van der Waals surface area (Å²) < 4.78 is 91.3. The van der Waals surface area contributed by atoms with Crippen molar-refractivity contribution in [1.29, 1.82) is 0 Å². The van der Waals surface area contributed by atoms with Crippen LogP contribution in [0.2, 0.25) is 0 Å². The zero-order chi connectivity index (χ0) is 35.8. The number of terminal acetylenes is 2. The van der Waals surface area contributed by atoms with Crippen LogP contribution in [0.15, 0.2) is 72.8 Å². The van der Waals surface area contributed by atoms with Gasteiger partial charge >= 0.3 is 12.4 Å². The second-order valence-electron chi connectivity index (χ2n) is 11.1. The van der Waals surface area contributed by atoms with E-state index in [4.69, 9.17) is 12.8 Å². The highest BCUT2D eigenvalue weighted by Gasteiger charge is 2.73. The van der Waals surface area contributed by atoms with E-state index < -0.39 is 76.0 Å². The molecular weight excluding hydrogens is 658 g/mol. The van der Waals surface area contributed by atoms with Crippen LogP contribution in [-0.4, -0.2) is 44.6 Å². The maximum Gasteiger partial charge on any atom is 0.411 e. The van der Waals surface area contributed by atoms with E-state index in [0.29, 0.717) is 34.1 Å². The number of rotatable bonds is 4. The molecule has 49 heavy (non-hydrogen) atoms. The predicted octanol–water partition coefficient (Wildman–Crippen LogP) is 5.77. The van der Waals surface area contributed by atoms with Gasteiger partial charge in [-0.05, 0) is 59.7 Å². The Bertz CT molecular complexity index is 2010. The number of amides is 2. The van der Waals surface area contributed by atoms with Crippen LogP contribution in [0.1, 0.15) is 66.6 Å². The first-order valence-electron chi connectivity index (χ1n) is 14.0. The lowest BCUT2D eigenvalue weighted by Crippen LogP contribution is -2.55. The Kier molecular flexibility index (Phi) is 7.43. The summed E-state index contributed by atoms with van der Waals surface area (Å²) in [5.41, 5.74) is -9.97. The topological polar surface area (TPSA) is 122 Å². The van der Waals surface area contributed by atoms with E-state index in [1.807, 2.05) is 0 Å². The summed E-state index contributed by atoms with van der Waals surface area (Å²) >= 11 is 0. The molecule has 14 heteroatoms. The van der Waals surface area contributed by atoms with Gasteiger partial charge < -0.3 is 20.4 Å². The van der Waals surface area contributed by atoms with Crippen LogP contribution in [0.25, 0.3) is 0 Å². The number of benzene rings is 4. The van der Waals surface area contributed by atoms with Crippen molar-refractivity contribution in [3.8, 4) is 36.2 Å². The van der Waals surface area contributed by atoms with Gasteiger partial charge in [0.1, 0.15) is 11.5 Å². The SMILES string of the molecule is C#Cc1ccc2c(c1)C(=O)N(c1cc(C(c3ccc(O)c(N4C(=O)c5cc(C#C)ccc5C4O)c3)(C(F)(F)F)C(F)(F)F)ccc1O)C2O. The summed E-state index contributed by atoms with van der Waals surface area (Å²) in [5.74, 6) is 0.500. The first kappa shape index (κ1) is 33.0. The third-order valence-electron chi connectivity index (χ3n) is 8.57. The van der Waals surface area contributed by atoms with Gasteiger partial charge in [-0.1, -0.05) is 36.1 Å². The summed E-state index contributed by atoms with van der Waals surface area (Å²) in [7, 11) is 0. The highest BCUT2D eigenvalue weighted by atomic mass is 19.4. The molecule has 0 saturated heterocycles. The molecule has 4 aromatic carbocycles. The Balaban J connectivity index is 1.55. The minimum atomic E-state index is -6.20. The second kappa shape index (κ2) is 11.1. The van der Waals surface area contributed by atoms with Gasteiger partial charge in [-0.3, -0.25) is 19.4 Å². The summed E-state index contributed by atoms with van der Waals surface area (Å²) in [6, 6.07) is 9.81. The molecule has 0 radical (unpaired) electrons. The monoisotopic (exact) mass is 678 g/mol. The zero-order valence-corrected chi connectivity index (χ0v) is 24.5. The third-order valence-corrected chi connectivity index (χ3v) is 8.57. The Morgan fingerprint density at radius 3 is 1.29 bits per heavy atom. The van der Waals surface area contributed by atoms with E-state index in [-0.39, 0.29) is 45.5 Å². The number of carbonyl (C=O) groups excluding carboxylic acids is 2. The maximum atomic E-state index is 15.2. The highest BCUT2D eigenvalue weighted by molar-refractivity contribution is 6.12. The number of hydrogen-bond acceptors (Lipinski definition) is 6. The van der Waals surface area contributed by atoms with Crippen LogP contribution < -0.4 is 9.80 Å². The summed E-state index contributed by atoms with van der Waals surface area (Å²) in [6.45, 7) is 0. The smallest absolute Gasteiger partial charge is 0.411 e. The molecule has 0 spiro atoms. The Morgan fingerprint density at radius 2 is 0.959 bits per heavy atom. The second-order valence-corrected chi connectivity index (χ2v) is 11.1. The van der Waals surface area contributed by atoms with Crippen LogP contribution in [-0.2, 0) is 5.41 Å². The average Bonchev–Trinajstić information content (AvgIpc) is 3.44. The van der Waals surface area contributed by atoms with Crippen molar-refractivity contribution in [2.24, 2.45) is 0 Å². The fourth-order valence-corrected chi connectivity index (χ4v) is 6.24. The van der Waals surface area contributed by atoms with E-state index >= 15 is 26.3 Å². The van der Waals surface area contributed by atoms with Crippen LogP contribution in [0.5, 0.6) is 11.5 Å². The number of carbonyl (C=O) groups is 2. The minimum absolute atomic E-state index is 0.0703. The molecule has 2 amide bonds. The maximum absolute atomic E-state index is 15.2. The molecule has 0 aromatic heterocycles. The van der Waals surface area contributed by atoms with Crippen molar-refractivity contribution in [3.63, 3.8) is 0 Å². The third kappa shape index (κ3) is 4.68. The normalized spacial score (nSPS) is 17.5. The van der Waals surface area contributed by atoms with Gasteiger partial charge in [-0.2, -0.15) is 26.3 Å². The summed E-state index contributed by atoms with van der Waals surface area (Å²) in [4.78, 5) is 27.5. The standard InChI is InChI=1S/C35H20F6N2O6/c1-3-17-5-9-21-23(13-17)31(48)42(29(21)46)25-15-19(7-11-27(25)44)33(34(36,37)38,35(39,40)41)20-8-12-28(45)26(16-20)43-30(47)22-10-6-18(4-2)14-24(22)32(43)49/h1-2,5-16,29-30,44-47H. The van der Waals surface area contributed by atoms with Crippen molar-refractivity contribution >= 4 is 23.2 Å². The van der Waals surface area contributed by atoms with Gasteiger partial charge in [0.05, 0.1) is 11.4 Å². The molecule has 4 aromatic rings. The lowest BCUT2D eigenvalue weighted by atomic mass is 9.72. The summed E-state index contributed by atoms with van der Waals surface area (Å²) in [5, 5.41) is 43.1. The fraction of sp³-hybridized carbons (Fsp3) is 0.143. The fourth-order valence-electron chi connectivity index (χ4n) is 6.24. The molecule has 0 fully saturated rings. The molecule has 4 N–H and O–H groups in total. The van der Waals surface area contributed by atoms with E-state index in [0.717, 1.165) is 0 Å². The number of hydrogen-bond donors (Lipinski definition) is 4. The van der Waals surface area contributed by atoms with E-state index in [2.05, 4.69) is 11.8 Å². The molecule has 2 aliphatic heterocycles. The van der Waals surface area contributed by atoms with Crippen LogP contribution >= 0.6 is 0 Å². The molecule has 8 nitrogen and oxygen atoms in total. The first-order valence-corrected chi connectivity index (χ1v) is 14.0. The average molecular weight is 679 g/mol. The van der Waals surface area contributed by atoms with Gasteiger partial charge in [-0.25, -0.2) is 0 Å². The van der Waals surface area contributed by atoms with Gasteiger partial charge in [-0.15, -0.1) is 12.8 Å². The van der Waals surface area contributed by atoms with Crippen LogP contribution in [0, 0.1) is 24.7 Å². The number of aliphatic hydroxyl groups excluding tert-OH is 2. The van der Waals surface area contributed by atoms with Crippen LogP contribution in [0.4, 0.5) is 37.7 Å². The van der Waals surface area contributed by atoms with Gasteiger partial charge in [0.25, 0.3) is 11.8 Å². The molecule has 0 saturated carbocycles. The molecular formula is C35H20F6N2O6.